The summed E-state index contributed by atoms with van der Waals surface area (Å²) in [5.41, 5.74) is -3.47. The van der Waals surface area contributed by atoms with E-state index >= 15 is 8.78 Å². The number of carboxylic acids is 1. The largest absolute Gasteiger partial charge is 0.478 e. The van der Waals surface area contributed by atoms with E-state index in [9.17, 15) is 23.6 Å². The number of hydrogen-bond donors (Lipinski definition) is 3. The predicted molar refractivity (Wildman–Crippen MR) is 145 cm³/mol. The van der Waals surface area contributed by atoms with Crippen LogP contribution in [0, 0.1) is 34.6 Å². The standard InChI is InChI=1S/C29H21Cl2F4N3O3/c1-13(2)8-23-29(12-36,17-7-6-14(30)9-20(17)33)24(15-4-3-5-18(31)25(15)35)26(38-23)27(39)37-22-11-19(32)16(28(40)41)10-21(22)34/h3-7,9-11,23-24,26,38H,1,8H2,2H3,(H,37,39)(H,40,41)/t23-,24-,26+,29-/m0/s1. The van der Waals surface area contributed by atoms with Gasteiger partial charge in [0.1, 0.15) is 28.7 Å². The van der Waals surface area contributed by atoms with Gasteiger partial charge in [-0.25, -0.2) is 22.4 Å². The lowest BCUT2D eigenvalue weighted by Crippen LogP contribution is -2.43. The molecule has 0 saturated carbocycles. The molecule has 0 radical (unpaired) electrons. The van der Waals surface area contributed by atoms with Gasteiger partial charge < -0.3 is 15.7 Å². The van der Waals surface area contributed by atoms with E-state index in [-0.39, 0.29) is 27.6 Å². The van der Waals surface area contributed by atoms with Crippen molar-refractivity contribution >= 4 is 40.8 Å². The van der Waals surface area contributed by atoms with E-state index in [1.54, 1.807) is 6.92 Å². The maximum Gasteiger partial charge on any atom is 0.338 e. The van der Waals surface area contributed by atoms with Gasteiger partial charge in [0.2, 0.25) is 5.91 Å². The zero-order valence-electron chi connectivity index (χ0n) is 21.2. The topological polar surface area (TPSA) is 102 Å². The van der Waals surface area contributed by atoms with Crippen LogP contribution in [-0.4, -0.2) is 29.1 Å². The number of hydrogen-bond acceptors (Lipinski definition) is 4. The molecule has 12 heteroatoms. The molecular weight excluding hydrogens is 585 g/mol. The molecule has 1 heterocycles. The van der Waals surface area contributed by atoms with Crippen molar-refractivity contribution in [3.63, 3.8) is 0 Å². The Labute approximate surface area is 242 Å². The number of halogens is 6. The van der Waals surface area contributed by atoms with Crippen molar-refractivity contribution in [2.24, 2.45) is 0 Å². The molecule has 0 unspecified atom stereocenters. The summed E-state index contributed by atoms with van der Waals surface area (Å²) in [7, 11) is 0. The van der Waals surface area contributed by atoms with Gasteiger partial charge >= 0.3 is 5.97 Å². The van der Waals surface area contributed by atoms with Crippen molar-refractivity contribution in [2.45, 2.75) is 36.8 Å². The molecule has 4 atom stereocenters. The first kappa shape index (κ1) is 30.1. The summed E-state index contributed by atoms with van der Waals surface area (Å²) in [4.78, 5) is 24.9. The quantitative estimate of drug-likeness (QED) is 0.204. The molecule has 1 fully saturated rings. The minimum absolute atomic E-state index is 0.0313. The summed E-state index contributed by atoms with van der Waals surface area (Å²) >= 11 is 12.0. The lowest BCUT2D eigenvalue weighted by atomic mass is 9.64. The summed E-state index contributed by atoms with van der Waals surface area (Å²) < 4.78 is 60.2. The smallest absolute Gasteiger partial charge is 0.338 e. The fraction of sp³-hybridized carbons (Fsp3) is 0.207. The number of carboxylic acid groups (broad SMARTS) is 1. The molecule has 0 aromatic heterocycles. The van der Waals surface area contributed by atoms with Crippen LogP contribution in [0.5, 0.6) is 0 Å². The molecule has 6 nitrogen and oxygen atoms in total. The van der Waals surface area contributed by atoms with Crippen LogP contribution in [0.2, 0.25) is 10.0 Å². The summed E-state index contributed by atoms with van der Waals surface area (Å²) in [5.74, 6) is -8.65. The average Bonchev–Trinajstić information content (AvgIpc) is 3.21. The maximum atomic E-state index is 15.6. The fourth-order valence-electron chi connectivity index (χ4n) is 5.31. The van der Waals surface area contributed by atoms with Crippen LogP contribution in [0.15, 0.2) is 60.7 Å². The number of nitrogens with zero attached hydrogens (tertiary/aromatic N) is 1. The van der Waals surface area contributed by atoms with Gasteiger partial charge in [-0.3, -0.25) is 4.79 Å². The zero-order chi connectivity index (χ0) is 30.2. The van der Waals surface area contributed by atoms with E-state index in [0.717, 1.165) is 6.07 Å². The van der Waals surface area contributed by atoms with Crippen molar-refractivity contribution < 1.29 is 32.3 Å². The van der Waals surface area contributed by atoms with Gasteiger partial charge in [-0.1, -0.05) is 47.0 Å². The third-order valence-electron chi connectivity index (χ3n) is 7.01. The van der Waals surface area contributed by atoms with Crippen LogP contribution in [0.4, 0.5) is 23.2 Å². The highest BCUT2D eigenvalue weighted by Crippen LogP contribution is 2.52. The number of nitrogens with one attached hydrogen (secondary N) is 2. The van der Waals surface area contributed by atoms with Gasteiger partial charge in [0.25, 0.3) is 0 Å². The van der Waals surface area contributed by atoms with Crippen molar-refractivity contribution in [1.29, 1.82) is 5.26 Å². The molecule has 41 heavy (non-hydrogen) atoms. The molecule has 0 bridgehead atoms. The summed E-state index contributed by atoms with van der Waals surface area (Å²) in [6, 6.07) is 7.98. The van der Waals surface area contributed by atoms with Crippen LogP contribution < -0.4 is 10.6 Å². The first-order valence-electron chi connectivity index (χ1n) is 12.1. The molecular formula is C29H21Cl2F4N3O3. The van der Waals surface area contributed by atoms with Crippen molar-refractivity contribution in [1.82, 2.24) is 5.32 Å². The average molecular weight is 606 g/mol. The Kier molecular flexibility index (Phi) is 8.45. The summed E-state index contributed by atoms with van der Waals surface area (Å²) in [5, 5.41) is 24.6. The second kappa shape index (κ2) is 11.5. The first-order chi connectivity index (χ1) is 19.3. The Hall–Kier alpha value is -3.91. The van der Waals surface area contributed by atoms with Crippen molar-refractivity contribution in [2.75, 3.05) is 5.32 Å². The van der Waals surface area contributed by atoms with Gasteiger partial charge in [-0.05, 0) is 43.2 Å². The van der Waals surface area contributed by atoms with Gasteiger partial charge in [0, 0.05) is 28.6 Å². The van der Waals surface area contributed by atoms with E-state index in [4.69, 9.17) is 28.3 Å². The number of rotatable bonds is 7. The molecule has 1 aliphatic rings. The van der Waals surface area contributed by atoms with E-state index in [1.807, 2.05) is 0 Å². The highest BCUT2D eigenvalue weighted by atomic mass is 35.5. The number of nitriles is 1. The molecule has 4 rings (SSSR count). The van der Waals surface area contributed by atoms with Crippen LogP contribution in [0.3, 0.4) is 0 Å². The Morgan fingerprint density at radius 2 is 1.80 bits per heavy atom. The number of carbonyl (C=O) groups is 2. The molecule has 3 aromatic rings. The number of aromatic carboxylic acids is 1. The Morgan fingerprint density at radius 3 is 2.41 bits per heavy atom. The summed E-state index contributed by atoms with van der Waals surface area (Å²) in [6.07, 6.45) is 0.0361. The molecule has 1 amide bonds. The molecule has 3 N–H and O–H groups in total. The Morgan fingerprint density at radius 1 is 1.10 bits per heavy atom. The molecule has 3 aromatic carbocycles. The second-order valence-electron chi connectivity index (χ2n) is 9.69. The fourth-order valence-corrected chi connectivity index (χ4v) is 5.65. The van der Waals surface area contributed by atoms with Crippen LogP contribution in [-0.2, 0) is 10.2 Å². The number of carbonyl (C=O) groups excluding carboxylic acids is 1. The number of benzene rings is 3. The Balaban J connectivity index is 1.94. The SMILES string of the molecule is C=C(C)C[C@@H]1N[C@@H](C(=O)Nc2cc(F)c(C(=O)O)cc2F)[C@H](c2cccc(Cl)c2F)[C@@]1(C#N)c1ccc(Cl)cc1F. The minimum atomic E-state index is -1.96. The normalized spacial score (nSPS) is 21.8. The molecule has 1 saturated heterocycles. The molecule has 1 aliphatic heterocycles. The van der Waals surface area contributed by atoms with Crippen molar-refractivity contribution in [3.05, 3.63) is 111 Å². The van der Waals surface area contributed by atoms with E-state index in [1.165, 1.54) is 30.3 Å². The van der Waals surface area contributed by atoms with Gasteiger partial charge in [0.05, 0.1) is 28.4 Å². The number of amides is 1. The van der Waals surface area contributed by atoms with E-state index in [2.05, 4.69) is 23.3 Å². The van der Waals surface area contributed by atoms with Crippen LogP contribution in [0.1, 0.15) is 40.7 Å². The third kappa shape index (κ3) is 5.40. The summed E-state index contributed by atoms with van der Waals surface area (Å²) in [6.45, 7) is 5.51. The van der Waals surface area contributed by atoms with E-state index in [0.29, 0.717) is 17.7 Å². The Bertz CT molecular complexity index is 1630. The first-order valence-corrected chi connectivity index (χ1v) is 12.8. The highest BCUT2D eigenvalue weighted by Gasteiger charge is 2.60. The minimum Gasteiger partial charge on any atom is -0.478 e. The monoisotopic (exact) mass is 605 g/mol. The highest BCUT2D eigenvalue weighted by molar-refractivity contribution is 6.31. The van der Waals surface area contributed by atoms with Crippen molar-refractivity contribution in [3.8, 4) is 6.07 Å². The lowest BCUT2D eigenvalue weighted by molar-refractivity contribution is -0.118. The van der Waals surface area contributed by atoms with Crippen LogP contribution >= 0.6 is 23.2 Å². The van der Waals surface area contributed by atoms with E-state index < -0.39 is 69.8 Å². The third-order valence-corrected chi connectivity index (χ3v) is 7.54. The number of anilines is 1. The zero-order valence-corrected chi connectivity index (χ0v) is 22.8. The lowest BCUT2D eigenvalue weighted by Gasteiger charge is -2.35. The molecule has 0 spiro atoms. The van der Waals surface area contributed by atoms with Gasteiger partial charge in [-0.15, -0.1) is 6.58 Å². The maximum absolute atomic E-state index is 15.6. The molecule has 212 valence electrons. The predicted octanol–water partition coefficient (Wildman–Crippen LogP) is 6.74. The molecule has 0 aliphatic carbocycles. The second-order valence-corrected chi connectivity index (χ2v) is 10.5. The van der Waals surface area contributed by atoms with Gasteiger partial charge in [-0.2, -0.15) is 5.26 Å². The van der Waals surface area contributed by atoms with Crippen LogP contribution in [0.25, 0.3) is 0 Å². The van der Waals surface area contributed by atoms with Gasteiger partial charge in [0.15, 0.2) is 0 Å².